The van der Waals surface area contributed by atoms with Crippen LogP contribution in [0, 0.1) is 13.8 Å². The highest BCUT2D eigenvalue weighted by molar-refractivity contribution is 7.91. The molecule has 8 heteroatoms. The van der Waals surface area contributed by atoms with E-state index in [1.54, 1.807) is 0 Å². The van der Waals surface area contributed by atoms with Gasteiger partial charge < -0.3 is 10.2 Å². The monoisotopic (exact) mass is 354 g/mol. The third-order valence-corrected chi connectivity index (χ3v) is 6.86. The Morgan fingerprint density at radius 3 is 2.67 bits per heavy atom. The number of aromatic amines is 1. The SMILES string of the molecule is Cc1n[nH]c(C)c1C1CCCCCN1C(=O)NC1CCS(=O)(=O)C1. The van der Waals surface area contributed by atoms with Crippen LogP contribution in [0.4, 0.5) is 4.79 Å². The van der Waals surface area contributed by atoms with Gasteiger partial charge in [-0.15, -0.1) is 0 Å². The molecule has 134 valence electrons. The fourth-order valence-corrected chi connectivity index (χ4v) is 5.54. The molecule has 2 unspecified atom stereocenters. The van der Waals surface area contributed by atoms with Crippen LogP contribution in [-0.4, -0.2) is 53.6 Å². The number of nitrogens with zero attached hydrogens (tertiary/aromatic N) is 2. The molecule has 2 atom stereocenters. The number of carbonyl (C=O) groups excluding carboxylic acids is 1. The maximum atomic E-state index is 12.8. The van der Waals surface area contributed by atoms with Crippen LogP contribution in [0.15, 0.2) is 0 Å². The summed E-state index contributed by atoms with van der Waals surface area (Å²) in [5.41, 5.74) is 3.03. The number of urea groups is 1. The molecular formula is C16H26N4O3S. The second-order valence-corrected chi connectivity index (χ2v) is 9.18. The molecule has 0 spiro atoms. The van der Waals surface area contributed by atoms with E-state index in [1.165, 1.54) is 0 Å². The number of H-pyrrole nitrogens is 1. The second kappa shape index (κ2) is 6.74. The highest BCUT2D eigenvalue weighted by atomic mass is 32.2. The molecule has 0 saturated carbocycles. The Labute approximate surface area is 143 Å². The fourth-order valence-electron chi connectivity index (χ4n) is 3.87. The fraction of sp³-hybridized carbons (Fsp3) is 0.750. The summed E-state index contributed by atoms with van der Waals surface area (Å²) in [6, 6.07) is -0.411. The molecule has 2 amide bonds. The topological polar surface area (TPSA) is 95.2 Å². The molecule has 0 aromatic carbocycles. The minimum atomic E-state index is -3.00. The number of hydrogen-bond donors (Lipinski definition) is 2. The molecule has 1 aromatic rings. The number of aromatic nitrogens is 2. The lowest BCUT2D eigenvalue weighted by Gasteiger charge is -2.31. The van der Waals surface area contributed by atoms with Crippen molar-refractivity contribution in [3.8, 4) is 0 Å². The third kappa shape index (κ3) is 3.58. The lowest BCUT2D eigenvalue weighted by atomic mass is 9.99. The molecule has 2 aliphatic rings. The summed E-state index contributed by atoms with van der Waals surface area (Å²) < 4.78 is 23.2. The van der Waals surface area contributed by atoms with Gasteiger partial charge in [-0.1, -0.05) is 12.8 Å². The van der Waals surface area contributed by atoms with Crippen molar-refractivity contribution in [3.63, 3.8) is 0 Å². The van der Waals surface area contributed by atoms with E-state index in [4.69, 9.17) is 0 Å². The average molecular weight is 354 g/mol. The highest BCUT2D eigenvalue weighted by Crippen LogP contribution is 2.33. The Morgan fingerprint density at radius 1 is 1.25 bits per heavy atom. The molecule has 7 nitrogen and oxygen atoms in total. The van der Waals surface area contributed by atoms with Gasteiger partial charge in [-0.05, 0) is 33.1 Å². The summed E-state index contributed by atoms with van der Waals surface area (Å²) in [4.78, 5) is 14.7. The molecule has 0 radical (unpaired) electrons. The molecule has 3 heterocycles. The van der Waals surface area contributed by atoms with Gasteiger partial charge in [0.25, 0.3) is 0 Å². The first-order valence-electron chi connectivity index (χ1n) is 8.66. The summed E-state index contributed by atoms with van der Waals surface area (Å²) >= 11 is 0. The Bertz CT molecular complexity index is 693. The minimum absolute atomic E-state index is 0.00394. The molecule has 2 aliphatic heterocycles. The maximum absolute atomic E-state index is 12.8. The van der Waals surface area contributed by atoms with E-state index in [1.807, 2.05) is 18.7 Å². The molecule has 2 fully saturated rings. The molecule has 3 rings (SSSR count). The van der Waals surface area contributed by atoms with Gasteiger partial charge in [-0.2, -0.15) is 5.10 Å². The Morgan fingerprint density at radius 2 is 2.04 bits per heavy atom. The Hall–Kier alpha value is -1.57. The van der Waals surface area contributed by atoms with Crippen molar-refractivity contribution >= 4 is 15.9 Å². The number of carbonyl (C=O) groups is 1. The summed E-state index contributed by atoms with van der Waals surface area (Å²) in [6.07, 6.45) is 4.58. The van der Waals surface area contributed by atoms with Crippen LogP contribution >= 0.6 is 0 Å². The molecular weight excluding hydrogens is 328 g/mol. The van der Waals surface area contributed by atoms with Gasteiger partial charge in [0.05, 0.1) is 23.2 Å². The predicted octanol–water partition coefficient (Wildman–Crippen LogP) is 1.84. The van der Waals surface area contributed by atoms with Crippen molar-refractivity contribution in [1.29, 1.82) is 0 Å². The van der Waals surface area contributed by atoms with Crippen molar-refractivity contribution in [2.24, 2.45) is 0 Å². The number of sulfone groups is 1. The standard InChI is InChI=1S/C16H26N4O3S/c1-11-15(12(2)19-18-11)14-6-4-3-5-8-20(14)16(21)17-13-7-9-24(22,23)10-13/h13-14H,3-10H2,1-2H3,(H,17,21)(H,18,19). The van der Waals surface area contributed by atoms with E-state index in [9.17, 15) is 13.2 Å². The Balaban J connectivity index is 1.78. The number of amides is 2. The zero-order chi connectivity index (χ0) is 17.3. The van der Waals surface area contributed by atoms with E-state index in [2.05, 4.69) is 15.5 Å². The molecule has 2 N–H and O–H groups in total. The van der Waals surface area contributed by atoms with Gasteiger partial charge in [0, 0.05) is 23.8 Å². The van der Waals surface area contributed by atoms with Gasteiger partial charge >= 0.3 is 6.03 Å². The van der Waals surface area contributed by atoms with Crippen LogP contribution in [0.5, 0.6) is 0 Å². The first kappa shape index (κ1) is 17.3. The number of rotatable bonds is 2. The largest absolute Gasteiger partial charge is 0.334 e. The number of hydrogen-bond acceptors (Lipinski definition) is 4. The first-order chi connectivity index (χ1) is 11.4. The van der Waals surface area contributed by atoms with Crippen molar-refractivity contribution in [3.05, 3.63) is 17.0 Å². The van der Waals surface area contributed by atoms with Crippen molar-refractivity contribution in [2.75, 3.05) is 18.1 Å². The molecule has 1 aromatic heterocycles. The predicted molar refractivity (Wildman–Crippen MR) is 91.6 cm³/mol. The smallest absolute Gasteiger partial charge is 0.318 e. The number of nitrogens with one attached hydrogen (secondary N) is 2. The molecule has 2 saturated heterocycles. The van der Waals surface area contributed by atoms with Crippen LogP contribution in [-0.2, 0) is 9.84 Å². The molecule has 0 bridgehead atoms. The van der Waals surface area contributed by atoms with Gasteiger partial charge in [-0.3, -0.25) is 5.10 Å². The molecule has 0 aliphatic carbocycles. The third-order valence-electron chi connectivity index (χ3n) is 5.09. The number of aryl methyl sites for hydroxylation is 2. The summed E-state index contributed by atoms with van der Waals surface area (Å²) in [5, 5.41) is 10.2. The van der Waals surface area contributed by atoms with E-state index in [-0.39, 0.29) is 29.6 Å². The van der Waals surface area contributed by atoms with E-state index in [0.717, 1.165) is 42.6 Å². The summed E-state index contributed by atoms with van der Waals surface area (Å²) in [7, 11) is -3.00. The number of likely N-dealkylation sites (tertiary alicyclic amines) is 1. The van der Waals surface area contributed by atoms with Gasteiger partial charge in [-0.25, -0.2) is 13.2 Å². The highest BCUT2D eigenvalue weighted by Gasteiger charge is 2.34. The van der Waals surface area contributed by atoms with Crippen LogP contribution in [0.1, 0.15) is 55.1 Å². The molecule has 24 heavy (non-hydrogen) atoms. The lowest BCUT2D eigenvalue weighted by molar-refractivity contribution is 0.172. The van der Waals surface area contributed by atoms with Gasteiger partial charge in [0.1, 0.15) is 0 Å². The van der Waals surface area contributed by atoms with Crippen LogP contribution in [0.25, 0.3) is 0 Å². The van der Waals surface area contributed by atoms with Gasteiger partial charge in [0.2, 0.25) is 0 Å². The van der Waals surface area contributed by atoms with Crippen molar-refractivity contribution in [1.82, 2.24) is 20.4 Å². The van der Waals surface area contributed by atoms with Crippen LogP contribution < -0.4 is 5.32 Å². The van der Waals surface area contributed by atoms with Crippen LogP contribution in [0.2, 0.25) is 0 Å². The zero-order valence-electron chi connectivity index (χ0n) is 14.3. The maximum Gasteiger partial charge on any atom is 0.318 e. The van der Waals surface area contributed by atoms with Crippen molar-refractivity contribution < 1.29 is 13.2 Å². The van der Waals surface area contributed by atoms with E-state index < -0.39 is 9.84 Å². The quantitative estimate of drug-likeness (QED) is 0.847. The lowest BCUT2D eigenvalue weighted by Crippen LogP contribution is -2.47. The Kier molecular flexibility index (Phi) is 4.85. The van der Waals surface area contributed by atoms with Gasteiger partial charge in [0.15, 0.2) is 9.84 Å². The minimum Gasteiger partial charge on any atom is -0.334 e. The first-order valence-corrected chi connectivity index (χ1v) is 10.5. The van der Waals surface area contributed by atoms with E-state index in [0.29, 0.717) is 13.0 Å². The normalized spacial score (nSPS) is 27.0. The van der Waals surface area contributed by atoms with Crippen molar-refractivity contribution in [2.45, 2.75) is 58.0 Å². The summed E-state index contributed by atoms with van der Waals surface area (Å²) in [6.45, 7) is 4.64. The summed E-state index contributed by atoms with van der Waals surface area (Å²) in [5.74, 6) is 0.225. The van der Waals surface area contributed by atoms with Crippen LogP contribution in [0.3, 0.4) is 0 Å². The zero-order valence-corrected chi connectivity index (χ0v) is 15.2. The van der Waals surface area contributed by atoms with E-state index >= 15 is 0 Å². The second-order valence-electron chi connectivity index (χ2n) is 6.96. The average Bonchev–Trinajstić information content (AvgIpc) is 2.91.